The fourth-order valence-corrected chi connectivity index (χ4v) is 3.19. The molecular weight excluding hydrogens is 258 g/mol. The number of allylic oxidation sites excluding steroid dienone is 1. The van der Waals surface area contributed by atoms with Crippen LogP contribution in [-0.4, -0.2) is 18.9 Å². The minimum atomic E-state index is 0.352. The molecule has 2 heteroatoms. The number of Topliss-reactive ketones (excluding diaryl/α,β-unsaturated/α-hetero) is 1. The SMILES string of the molecule is C=CCCCCCCCCCCC(=O)C1CCCNCC1. The van der Waals surface area contributed by atoms with Crippen LogP contribution < -0.4 is 5.32 Å². The molecule has 0 spiro atoms. The molecule has 1 atom stereocenters. The normalized spacial score (nSPS) is 19.1. The van der Waals surface area contributed by atoms with E-state index in [1.807, 2.05) is 6.08 Å². The summed E-state index contributed by atoms with van der Waals surface area (Å²) < 4.78 is 0. The van der Waals surface area contributed by atoms with Crippen molar-refractivity contribution in [2.75, 3.05) is 13.1 Å². The van der Waals surface area contributed by atoms with Crippen LogP contribution in [0.4, 0.5) is 0 Å². The summed E-state index contributed by atoms with van der Waals surface area (Å²) in [4.78, 5) is 12.2. The first kappa shape index (κ1) is 18.4. The van der Waals surface area contributed by atoms with Crippen LogP contribution in [0.2, 0.25) is 0 Å². The Morgan fingerprint density at radius 2 is 1.62 bits per heavy atom. The van der Waals surface area contributed by atoms with Gasteiger partial charge in [0.15, 0.2) is 0 Å². The van der Waals surface area contributed by atoms with E-state index in [1.165, 1.54) is 57.8 Å². The Kier molecular flexibility index (Phi) is 11.5. The van der Waals surface area contributed by atoms with Crippen LogP contribution in [0.1, 0.15) is 83.5 Å². The van der Waals surface area contributed by atoms with Crippen molar-refractivity contribution in [1.29, 1.82) is 0 Å². The summed E-state index contributed by atoms with van der Waals surface area (Å²) in [6, 6.07) is 0. The number of ketones is 1. The van der Waals surface area contributed by atoms with E-state index in [2.05, 4.69) is 11.9 Å². The van der Waals surface area contributed by atoms with Gasteiger partial charge in [-0.2, -0.15) is 0 Å². The molecule has 1 aliphatic heterocycles. The molecule has 122 valence electrons. The summed E-state index contributed by atoms with van der Waals surface area (Å²) in [6.07, 6.45) is 17.7. The van der Waals surface area contributed by atoms with E-state index in [9.17, 15) is 4.79 Å². The van der Waals surface area contributed by atoms with Crippen LogP contribution in [0.5, 0.6) is 0 Å². The van der Waals surface area contributed by atoms with Crippen molar-refractivity contribution >= 4 is 5.78 Å². The Balaban J connectivity index is 1.89. The van der Waals surface area contributed by atoms with Gasteiger partial charge in [-0.05, 0) is 51.6 Å². The third-order valence-electron chi connectivity index (χ3n) is 4.61. The Labute approximate surface area is 131 Å². The molecule has 0 aromatic rings. The summed E-state index contributed by atoms with van der Waals surface area (Å²) in [5, 5.41) is 3.38. The molecule has 0 aliphatic carbocycles. The highest BCUT2D eigenvalue weighted by Crippen LogP contribution is 2.18. The summed E-state index contributed by atoms with van der Waals surface area (Å²) in [5.74, 6) is 0.882. The van der Waals surface area contributed by atoms with E-state index in [1.54, 1.807) is 0 Å². The average molecular weight is 293 g/mol. The zero-order chi connectivity index (χ0) is 15.2. The fourth-order valence-electron chi connectivity index (χ4n) is 3.19. The van der Waals surface area contributed by atoms with Crippen molar-refractivity contribution in [2.45, 2.75) is 83.5 Å². The molecule has 0 radical (unpaired) electrons. The van der Waals surface area contributed by atoms with Gasteiger partial charge in [0.25, 0.3) is 0 Å². The van der Waals surface area contributed by atoms with E-state index in [-0.39, 0.29) is 0 Å². The number of unbranched alkanes of at least 4 members (excludes halogenated alkanes) is 8. The second kappa shape index (κ2) is 13.1. The molecule has 2 nitrogen and oxygen atoms in total. The number of hydrogen-bond acceptors (Lipinski definition) is 2. The van der Waals surface area contributed by atoms with Gasteiger partial charge < -0.3 is 5.32 Å². The van der Waals surface area contributed by atoms with Gasteiger partial charge in [0, 0.05) is 12.3 Å². The van der Waals surface area contributed by atoms with Crippen LogP contribution in [0, 0.1) is 5.92 Å². The highest BCUT2D eigenvalue weighted by atomic mass is 16.1. The maximum atomic E-state index is 12.2. The lowest BCUT2D eigenvalue weighted by Crippen LogP contribution is -2.17. The molecule has 1 heterocycles. The molecule has 1 saturated heterocycles. The Morgan fingerprint density at radius 1 is 0.952 bits per heavy atom. The van der Waals surface area contributed by atoms with Gasteiger partial charge in [-0.15, -0.1) is 6.58 Å². The van der Waals surface area contributed by atoms with E-state index in [4.69, 9.17) is 0 Å². The van der Waals surface area contributed by atoms with Gasteiger partial charge >= 0.3 is 0 Å². The van der Waals surface area contributed by atoms with Crippen LogP contribution in [0.3, 0.4) is 0 Å². The molecule has 0 aromatic heterocycles. The molecule has 0 saturated carbocycles. The predicted octanol–water partition coefficient (Wildman–Crippen LogP) is 5.03. The number of rotatable bonds is 12. The lowest BCUT2D eigenvalue weighted by Gasteiger charge is -2.12. The van der Waals surface area contributed by atoms with Gasteiger partial charge in [-0.3, -0.25) is 4.79 Å². The van der Waals surface area contributed by atoms with Crippen molar-refractivity contribution < 1.29 is 4.79 Å². The Morgan fingerprint density at radius 3 is 2.33 bits per heavy atom. The van der Waals surface area contributed by atoms with Crippen molar-refractivity contribution in [3.63, 3.8) is 0 Å². The van der Waals surface area contributed by atoms with Crippen molar-refractivity contribution in [3.05, 3.63) is 12.7 Å². The van der Waals surface area contributed by atoms with Crippen molar-refractivity contribution in [1.82, 2.24) is 5.32 Å². The molecular formula is C19H35NO. The van der Waals surface area contributed by atoms with Gasteiger partial charge in [0.05, 0.1) is 0 Å². The first-order chi connectivity index (χ1) is 10.3. The molecule has 1 fully saturated rings. The van der Waals surface area contributed by atoms with Gasteiger partial charge in [0.1, 0.15) is 5.78 Å². The van der Waals surface area contributed by atoms with E-state index >= 15 is 0 Å². The second-order valence-corrected chi connectivity index (χ2v) is 6.50. The first-order valence-electron chi connectivity index (χ1n) is 9.19. The van der Waals surface area contributed by atoms with Crippen molar-refractivity contribution in [3.8, 4) is 0 Å². The number of carbonyl (C=O) groups excluding carboxylic acids is 1. The molecule has 1 rings (SSSR count). The lowest BCUT2D eigenvalue weighted by molar-refractivity contribution is -0.123. The highest BCUT2D eigenvalue weighted by Gasteiger charge is 2.18. The Bertz CT molecular complexity index is 267. The zero-order valence-corrected chi connectivity index (χ0v) is 13.9. The summed E-state index contributed by atoms with van der Waals surface area (Å²) in [7, 11) is 0. The standard InChI is InChI=1S/C19H35NO/c1-2-3-4-5-6-7-8-9-10-11-14-19(21)18-13-12-16-20-17-15-18/h2,18,20H,1,3-17H2. The minimum Gasteiger partial charge on any atom is -0.317 e. The first-order valence-corrected chi connectivity index (χ1v) is 9.19. The molecule has 0 aromatic carbocycles. The molecule has 1 aliphatic rings. The third-order valence-corrected chi connectivity index (χ3v) is 4.61. The summed E-state index contributed by atoms with van der Waals surface area (Å²) in [5.41, 5.74) is 0. The summed E-state index contributed by atoms with van der Waals surface area (Å²) in [6.45, 7) is 5.87. The second-order valence-electron chi connectivity index (χ2n) is 6.50. The number of nitrogens with one attached hydrogen (secondary N) is 1. The van der Waals surface area contributed by atoms with Crippen LogP contribution in [0.15, 0.2) is 12.7 Å². The minimum absolute atomic E-state index is 0.352. The van der Waals surface area contributed by atoms with Gasteiger partial charge in [0.2, 0.25) is 0 Å². The van der Waals surface area contributed by atoms with Crippen LogP contribution >= 0.6 is 0 Å². The smallest absolute Gasteiger partial charge is 0.136 e. The maximum absolute atomic E-state index is 12.2. The number of hydrogen-bond donors (Lipinski definition) is 1. The molecule has 0 amide bonds. The van der Waals surface area contributed by atoms with E-state index < -0.39 is 0 Å². The van der Waals surface area contributed by atoms with E-state index in [0.29, 0.717) is 11.7 Å². The van der Waals surface area contributed by atoms with Crippen LogP contribution in [0.25, 0.3) is 0 Å². The Hall–Kier alpha value is -0.630. The topological polar surface area (TPSA) is 29.1 Å². The van der Waals surface area contributed by atoms with E-state index in [0.717, 1.165) is 38.8 Å². The average Bonchev–Trinajstić information content (AvgIpc) is 2.78. The quantitative estimate of drug-likeness (QED) is 0.404. The van der Waals surface area contributed by atoms with Crippen LogP contribution in [-0.2, 0) is 4.79 Å². The maximum Gasteiger partial charge on any atom is 0.136 e. The van der Waals surface area contributed by atoms with Gasteiger partial charge in [-0.1, -0.05) is 44.6 Å². The largest absolute Gasteiger partial charge is 0.317 e. The molecule has 1 N–H and O–H groups in total. The van der Waals surface area contributed by atoms with Crippen molar-refractivity contribution in [2.24, 2.45) is 5.92 Å². The molecule has 0 bridgehead atoms. The fraction of sp³-hybridized carbons (Fsp3) is 0.842. The molecule has 21 heavy (non-hydrogen) atoms. The summed E-state index contributed by atoms with van der Waals surface area (Å²) >= 11 is 0. The lowest BCUT2D eigenvalue weighted by atomic mass is 9.92. The monoisotopic (exact) mass is 293 g/mol. The zero-order valence-electron chi connectivity index (χ0n) is 13.9. The highest BCUT2D eigenvalue weighted by molar-refractivity contribution is 5.80. The number of carbonyl (C=O) groups is 1. The molecule has 1 unspecified atom stereocenters. The third kappa shape index (κ3) is 9.84. The predicted molar refractivity (Wildman–Crippen MR) is 91.6 cm³/mol. The van der Waals surface area contributed by atoms with Gasteiger partial charge in [-0.25, -0.2) is 0 Å².